The second-order valence-corrected chi connectivity index (χ2v) is 10.5. The molecule has 0 spiro atoms. The van der Waals surface area contributed by atoms with Crippen molar-refractivity contribution in [3.8, 4) is 11.6 Å². The molecule has 35 heavy (non-hydrogen) atoms. The van der Waals surface area contributed by atoms with E-state index in [-0.39, 0.29) is 18.5 Å². The lowest BCUT2D eigenvalue weighted by Gasteiger charge is -2.35. The number of nitrogens with one attached hydrogen (secondary N) is 2. The molecule has 0 radical (unpaired) electrons. The van der Waals surface area contributed by atoms with Gasteiger partial charge in [0.2, 0.25) is 0 Å². The molecule has 0 bridgehead atoms. The molecule has 2 aliphatic heterocycles. The average Bonchev–Trinajstić information content (AvgIpc) is 3.25. The summed E-state index contributed by atoms with van der Waals surface area (Å²) in [5, 5.41) is 17.4. The Kier molecular flexibility index (Phi) is 6.57. The van der Waals surface area contributed by atoms with Crippen molar-refractivity contribution in [1.82, 2.24) is 20.1 Å². The van der Waals surface area contributed by atoms with E-state index < -0.39 is 23.1 Å². The minimum Gasteiger partial charge on any atom is -0.497 e. The summed E-state index contributed by atoms with van der Waals surface area (Å²) >= 11 is 0. The van der Waals surface area contributed by atoms with Gasteiger partial charge in [0, 0.05) is 30.1 Å². The molecule has 2 aliphatic rings. The lowest BCUT2D eigenvalue weighted by atomic mass is 9.85. The third-order valence-corrected chi connectivity index (χ3v) is 6.77. The maximum Gasteiger partial charge on any atom is 0.410 e. The second-order valence-electron chi connectivity index (χ2n) is 10.5. The number of nitrogens with zero attached hydrogens (tertiary/aromatic N) is 2. The molecule has 3 heterocycles. The predicted octanol–water partition coefficient (Wildman–Crippen LogP) is 3.36. The third-order valence-electron chi connectivity index (χ3n) is 6.77. The van der Waals surface area contributed by atoms with Gasteiger partial charge in [-0.25, -0.2) is 9.59 Å². The zero-order valence-corrected chi connectivity index (χ0v) is 20.7. The first-order valence-corrected chi connectivity index (χ1v) is 12.0. The fourth-order valence-electron chi connectivity index (χ4n) is 4.85. The van der Waals surface area contributed by atoms with Crippen molar-refractivity contribution in [1.29, 1.82) is 0 Å². The van der Waals surface area contributed by atoms with Gasteiger partial charge in [-0.2, -0.15) is 0 Å². The average molecular weight is 487 g/mol. The molecule has 2 aromatic rings. The van der Waals surface area contributed by atoms with Crippen molar-refractivity contribution >= 4 is 28.8 Å². The second kappa shape index (κ2) is 9.31. The van der Waals surface area contributed by atoms with Crippen LogP contribution in [0.2, 0.25) is 0 Å². The van der Waals surface area contributed by atoms with Gasteiger partial charge in [0.1, 0.15) is 16.9 Å². The Balaban J connectivity index is 1.44. The summed E-state index contributed by atoms with van der Waals surface area (Å²) in [6.07, 6.45) is 4.16. The van der Waals surface area contributed by atoms with Crippen LogP contribution in [-0.4, -0.2) is 63.9 Å². The van der Waals surface area contributed by atoms with Gasteiger partial charge in [-0.3, -0.25) is 10.1 Å². The van der Waals surface area contributed by atoms with E-state index in [1.54, 1.807) is 34.9 Å². The van der Waals surface area contributed by atoms with Gasteiger partial charge in [-0.15, -0.1) is 0 Å². The normalized spacial score (nSPS) is 21.2. The Bertz CT molecular complexity index is 1130. The Labute approximate surface area is 204 Å². The number of aromatic hydroxyl groups is 1. The van der Waals surface area contributed by atoms with Crippen LogP contribution < -0.4 is 15.4 Å². The number of methoxy groups -OCH3 is 1. The zero-order valence-electron chi connectivity index (χ0n) is 20.7. The Morgan fingerprint density at radius 2 is 1.94 bits per heavy atom. The molecular weight excluding hydrogens is 452 g/mol. The smallest absolute Gasteiger partial charge is 0.410 e. The van der Waals surface area contributed by atoms with E-state index in [4.69, 9.17) is 9.47 Å². The lowest BCUT2D eigenvalue weighted by molar-refractivity contribution is -0.124. The molecule has 0 saturated carbocycles. The van der Waals surface area contributed by atoms with Crippen LogP contribution >= 0.6 is 0 Å². The molecule has 3 N–H and O–H groups in total. The quantitative estimate of drug-likeness (QED) is 0.538. The van der Waals surface area contributed by atoms with Crippen LogP contribution in [0.5, 0.6) is 11.6 Å². The summed E-state index contributed by atoms with van der Waals surface area (Å²) in [5.74, 6) is 0.594. The van der Waals surface area contributed by atoms with Gasteiger partial charge >= 0.3 is 12.1 Å². The fourth-order valence-corrected chi connectivity index (χ4v) is 4.85. The van der Waals surface area contributed by atoms with E-state index in [0.717, 1.165) is 18.2 Å². The molecule has 4 rings (SSSR count). The minimum atomic E-state index is -1.17. The summed E-state index contributed by atoms with van der Waals surface area (Å²) in [6.45, 7) is 6.83. The number of amides is 4. The summed E-state index contributed by atoms with van der Waals surface area (Å²) in [5.41, 5.74) is -1.70. The van der Waals surface area contributed by atoms with E-state index in [1.165, 1.54) is 0 Å². The van der Waals surface area contributed by atoms with E-state index in [2.05, 4.69) is 10.6 Å². The maximum absolute atomic E-state index is 12.9. The molecular formula is C25H34N4O6. The van der Waals surface area contributed by atoms with E-state index in [0.29, 0.717) is 43.0 Å². The molecule has 1 aromatic carbocycles. The molecule has 0 aliphatic carbocycles. The standard InChI is InChI=1S/C25H34N4O6/c1-24(2,3)35-23(33)28-11-8-16(9-12-28)7-10-25(21(31)26-22(32)27-25)15-29-14-17-13-18(34-4)5-6-19(17)20(29)30/h5-6,13-14,16,30H,7-12,15H2,1-4H3,(H2,26,27,31,32). The first-order valence-electron chi connectivity index (χ1n) is 12.0. The number of likely N-dealkylation sites (tertiary alicyclic amines) is 1. The van der Waals surface area contributed by atoms with Gasteiger partial charge in [-0.05, 0) is 70.6 Å². The number of aromatic nitrogens is 1. The van der Waals surface area contributed by atoms with Crippen LogP contribution in [0.1, 0.15) is 46.5 Å². The Hall–Kier alpha value is -3.43. The first kappa shape index (κ1) is 24.7. The Morgan fingerprint density at radius 1 is 1.23 bits per heavy atom. The van der Waals surface area contributed by atoms with E-state index >= 15 is 0 Å². The number of fused-ring (bicyclic) bond motifs is 1. The van der Waals surface area contributed by atoms with Crippen LogP contribution in [-0.2, 0) is 16.1 Å². The number of carbonyl (C=O) groups is 3. The number of urea groups is 1. The molecule has 2 saturated heterocycles. The number of imide groups is 1. The van der Waals surface area contributed by atoms with Crippen molar-refractivity contribution in [3.05, 3.63) is 24.4 Å². The largest absolute Gasteiger partial charge is 0.497 e. The SMILES string of the molecule is COc1ccc2c(O)n(CC3(CCC4CCN(C(=O)OC(C)(C)C)CC4)NC(=O)NC3=O)cc2c1. The van der Waals surface area contributed by atoms with E-state index in [1.807, 2.05) is 26.8 Å². The van der Waals surface area contributed by atoms with Crippen LogP contribution in [0.4, 0.5) is 9.59 Å². The molecule has 4 amide bonds. The summed E-state index contributed by atoms with van der Waals surface area (Å²) in [4.78, 5) is 39.1. The third kappa shape index (κ3) is 5.31. The molecule has 2 fully saturated rings. The van der Waals surface area contributed by atoms with Crippen LogP contribution in [0.25, 0.3) is 10.8 Å². The van der Waals surface area contributed by atoms with Crippen molar-refractivity contribution < 1.29 is 29.0 Å². The van der Waals surface area contributed by atoms with Crippen molar-refractivity contribution in [2.75, 3.05) is 20.2 Å². The zero-order chi connectivity index (χ0) is 25.4. The van der Waals surface area contributed by atoms with Gasteiger partial charge < -0.3 is 29.4 Å². The van der Waals surface area contributed by atoms with Crippen LogP contribution in [0, 0.1) is 5.92 Å². The molecule has 1 unspecified atom stereocenters. The summed E-state index contributed by atoms with van der Waals surface area (Å²) in [6, 6.07) is 4.80. The number of piperidine rings is 1. The van der Waals surface area contributed by atoms with Gasteiger partial charge in [0.15, 0.2) is 5.88 Å². The maximum atomic E-state index is 12.9. The number of carbonyl (C=O) groups excluding carboxylic acids is 3. The molecule has 190 valence electrons. The van der Waals surface area contributed by atoms with Gasteiger partial charge in [0.05, 0.1) is 13.7 Å². The van der Waals surface area contributed by atoms with Gasteiger partial charge in [-0.1, -0.05) is 0 Å². The van der Waals surface area contributed by atoms with Crippen molar-refractivity contribution in [2.24, 2.45) is 5.92 Å². The topological polar surface area (TPSA) is 122 Å². The Morgan fingerprint density at radius 3 is 2.54 bits per heavy atom. The highest BCUT2D eigenvalue weighted by atomic mass is 16.6. The van der Waals surface area contributed by atoms with Crippen LogP contribution in [0.3, 0.4) is 0 Å². The van der Waals surface area contributed by atoms with Crippen molar-refractivity contribution in [3.63, 3.8) is 0 Å². The number of ether oxygens (including phenoxy) is 2. The first-order chi connectivity index (χ1) is 16.5. The van der Waals surface area contributed by atoms with Gasteiger partial charge in [0.25, 0.3) is 5.91 Å². The number of rotatable bonds is 6. The lowest BCUT2D eigenvalue weighted by Crippen LogP contribution is -2.50. The monoisotopic (exact) mass is 486 g/mol. The number of benzene rings is 1. The van der Waals surface area contributed by atoms with Crippen molar-refractivity contribution in [2.45, 2.75) is 64.1 Å². The molecule has 10 nitrogen and oxygen atoms in total. The summed E-state index contributed by atoms with van der Waals surface area (Å²) < 4.78 is 12.3. The van der Waals surface area contributed by atoms with E-state index in [9.17, 15) is 19.5 Å². The minimum absolute atomic E-state index is 0.0293. The molecule has 10 heteroatoms. The summed E-state index contributed by atoms with van der Waals surface area (Å²) in [7, 11) is 1.57. The predicted molar refractivity (Wildman–Crippen MR) is 129 cm³/mol. The number of hydrogen-bond donors (Lipinski definition) is 3. The molecule has 1 aromatic heterocycles. The highest BCUT2D eigenvalue weighted by Gasteiger charge is 2.47. The fraction of sp³-hybridized carbons (Fsp3) is 0.560. The highest BCUT2D eigenvalue weighted by Crippen LogP contribution is 2.34. The molecule has 1 atom stereocenters. The number of hydrogen-bond acceptors (Lipinski definition) is 6. The van der Waals surface area contributed by atoms with Crippen LogP contribution in [0.15, 0.2) is 24.4 Å². The highest BCUT2D eigenvalue weighted by molar-refractivity contribution is 6.07.